The summed E-state index contributed by atoms with van der Waals surface area (Å²) < 4.78 is 32.2. The molecule has 5 nitrogen and oxygen atoms in total. The topological polar surface area (TPSA) is 81.4 Å². The Bertz CT molecular complexity index is 540. The molecule has 0 aromatic heterocycles. The van der Waals surface area contributed by atoms with E-state index < -0.39 is 10.0 Å². The second kappa shape index (κ2) is 7.89. The molecule has 0 bridgehead atoms. The first-order valence-corrected chi connectivity index (χ1v) is 9.11. The highest BCUT2D eigenvalue weighted by molar-refractivity contribution is 7.88. The SMILES string of the molecule is NCc1cccc(CS(=O)(=O)NCCOC2CCCC2)c1. The number of hydrogen-bond acceptors (Lipinski definition) is 4. The number of ether oxygens (including phenoxy) is 1. The standard InChI is InChI=1S/C15H24N2O3S/c16-11-13-4-3-5-14(10-13)12-21(18,19)17-8-9-20-15-6-1-2-7-15/h3-5,10,15,17H,1-2,6-9,11-12,16H2. The van der Waals surface area contributed by atoms with Gasteiger partial charge in [-0.15, -0.1) is 0 Å². The number of rotatable bonds is 8. The fourth-order valence-corrected chi connectivity index (χ4v) is 3.71. The molecule has 1 aromatic carbocycles. The Morgan fingerprint density at radius 2 is 1.95 bits per heavy atom. The molecule has 1 fully saturated rings. The van der Waals surface area contributed by atoms with E-state index in [0.29, 0.717) is 25.8 Å². The summed E-state index contributed by atoms with van der Waals surface area (Å²) in [5.41, 5.74) is 7.25. The van der Waals surface area contributed by atoms with Crippen molar-refractivity contribution in [1.82, 2.24) is 4.72 Å². The van der Waals surface area contributed by atoms with Crippen molar-refractivity contribution in [2.24, 2.45) is 5.73 Å². The van der Waals surface area contributed by atoms with Crippen LogP contribution in [-0.4, -0.2) is 27.7 Å². The number of nitrogens with two attached hydrogens (primary N) is 1. The largest absolute Gasteiger partial charge is 0.377 e. The van der Waals surface area contributed by atoms with Gasteiger partial charge in [-0.05, 0) is 24.0 Å². The zero-order chi connectivity index (χ0) is 15.1. The molecule has 0 heterocycles. The lowest BCUT2D eigenvalue weighted by Crippen LogP contribution is -2.29. The summed E-state index contributed by atoms with van der Waals surface area (Å²) in [6, 6.07) is 7.34. The third-order valence-corrected chi connectivity index (χ3v) is 5.02. The van der Waals surface area contributed by atoms with Crippen molar-refractivity contribution >= 4 is 10.0 Å². The van der Waals surface area contributed by atoms with Gasteiger partial charge in [-0.25, -0.2) is 13.1 Å². The van der Waals surface area contributed by atoms with Crippen molar-refractivity contribution < 1.29 is 13.2 Å². The van der Waals surface area contributed by atoms with Crippen LogP contribution in [0.15, 0.2) is 24.3 Å². The molecule has 0 radical (unpaired) electrons. The highest BCUT2D eigenvalue weighted by Crippen LogP contribution is 2.20. The van der Waals surface area contributed by atoms with Crippen LogP contribution in [0.3, 0.4) is 0 Å². The maximum Gasteiger partial charge on any atom is 0.215 e. The van der Waals surface area contributed by atoms with E-state index in [1.807, 2.05) is 18.2 Å². The lowest BCUT2D eigenvalue weighted by atomic mass is 10.1. The summed E-state index contributed by atoms with van der Waals surface area (Å²) in [7, 11) is -3.33. The van der Waals surface area contributed by atoms with Gasteiger partial charge in [0.1, 0.15) is 0 Å². The van der Waals surface area contributed by atoms with Gasteiger partial charge in [0.15, 0.2) is 0 Å². The van der Waals surface area contributed by atoms with Crippen LogP contribution in [0.25, 0.3) is 0 Å². The van der Waals surface area contributed by atoms with Gasteiger partial charge in [0, 0.05) is 13.1 Å². The smallest absolute Gasteiger partial charge is 0.215 e. The minimum Gasteiger partial charge on any atom is -0.377 e. The van der Waals surface area contributed by atoms with E-state index in [1.54, 1.807) is 6.07 Å². The van der Waals surface area contributed by atoms with Crippen molar-refractivity contribution in [2.45, 2.75) is 44.1 Å². The summed E-state index contributed by atoms with van der Waals surface area (Å²) in [5.74, 6) is -0.0235. The molecule has 118 valence electrons. The van der Waals surface area contributed by atoms with E-state index in [0.717, 1.165) is 24.0 Å². The van der Waals surface area contributed by atoms with E-state index in [2.05, 4.69) is 4.72 Å². The number of nitrogens with one attached hydrogen (secondary N) is 1. The van der Waals surface area contributed by atoms with Crippen molar-refractivity contribution in [3.05, 3.63) is 35.4 Å². The normalized spacial score (nSPS) is 16.4. The number of sulfonamides is 1. The van der Waals surface area contributed by atoms with Crippen LogP contribution in [0.4, 0.5) is 0 Å². The Balaban J connectivity index is 1.75. The fourth-order valence-electron chi connectivity index (χ4n) is 2.59. The second-order valence-electron chi connectivity index (χ2n) is 5.45. The lowest BCUT2D eigenvalue weighted by molar-refractivity contribution is 0.0626. The quantitative estimate of drug-likeness (QED) is 0.713. The van der Waals surface area contributed by atoms with Crippen molar-refractivity contribution in [3.8, 4) is 0 Å². The molecule has 0 amide bonds. The molecule has 0 spiro atoms. The van der Waals surface area contributed by atoms with Crippen LogP contribution < -0.4 is 10.5 Å². The van der Waals surface area contributed by atoms with E-state index in [-0.39, 0.29) is 5.75 Å². The van der Waals surface area contributed by atoms with E-state index in [9.17, 15) is 8.42 Å². The summed E-state index contributed by atoms with van der Waals surface area (Å²) in [4.78, 5) is 0. The Morgan fingerprint density at radius 1 is 1.24 bits per heavy atom. The second-order valence-corrected chi connectivity index (χ2v) is 7.26. The maximum atomic E-state index is 12.0. The van der Waals surface area contributed by atoms with Gasteiger partial charge < -0.3 is 10.5 Å². The Labute approximate surface area is 126 Å². The molecular formula is C15H24N2O3S. The van der Waals surface area contributed by atoms with Crippen LogP contribution >= 0.6 is 0 Å². The minimum absolute atomic E-state index is 0.0235. The van der Waals surface area contributed by atoms with Crippen LogP contribution in [0.1, 0.15) is 36.8 Å². The zero-order valence-corrected chi connectivity index (χ0v) is 13.1. The molecule has 1 aliphatic rings. The molecule has 2 rings (SSSR count). The first kappa shape index (κ1) is 16.4. The van der Waals surface area contributed by atoms with Crippen LogP contribution in [0.5, 0.6) is 0 Å². The Kier molecular flexibility index (Phi) is 6.17. The molecule has 1 saturated carbocycles. The fraction of sp³-hybridized carbons (Fsp3) is 0.600. The first-order chi connectivity index (χ1) is 10.1. The molecule has 0 unspecified atom stereocenters. The van der Waals surface area contributed by atoms with E-state index >= 15 is 0 Å². The molecule has 21 heavy (non-hydrogen) atoms. The molecular weight excluding hydrogens is 288 g/mol. The van der Waals surface area contributed by atoms with Gasteiger partial charge in [0.25, 0.3) is 0 Å². The molecule has 3 N–H and O–H groups in total. The van der Waals surface area contributed by atoms with Crippen molar-refractivity contribution in [3.63, 3.8) is 0 Å². The van der Waals surface area contributed by atoms with Crippen LogP contribution in [0.2, 0.25) is 0 Å². The van der Waals surface area contributed by atoms with Gasteiger partial charge in [0.05, 0.1) is 18.5 Å². The van der Waals surface area contributed by atoms with Gasteiger partial charge in [0.2, 0.25) is 10.0 Å². The lowest BCUT2D eigenvalue weighted by Gasteiger charge is -2.12. The van der Waals surface area contributed by atoms with E-state index in [4.69, 9.17) is 10.5 Å². The number of hydrogen-bond donors (Lipinski definition) is 2. The first-order valence-electron chi connectivity index (χ1n) is 7.46. The highest BCUT2D eigenvalue weighted by Gasteiger charge is 2.16. The van der Waals surface area contributed by atoms with Gasteiger partial charge in [-0.1, -0.05) is 37.1 Å². The number of benzene rings is 1. The van der Waals surface area contributed by atoms with Crippen LogP contribution in [-0.2, 0) is 27.1 Å². The molecule has 0 saturated heterocycles. The predicted octanol–water partition coefficient (Wildman–Crippen LogP) is 1.52. The summed E-state index contributed by atoms with van der Waals surface area (Å²) in [6.45, 7) is 1.18. The van der Waals surface area contributed by atoms with Gasteiger partial charge in [-0.2, -0.15) is 0 Å². The molecule has 6 heteroatoms. The van der Waals surface area contributed by atoms with E-state index in [1.165, 1.54) is 12.8 Å². The molecule has 0 atom stereocenters. The van der Waals surface area contributed by atoms with Crippen LogP contribution in [0, 0.1) is 0 Å². The Hall–Kier alpha value is -0.950. The maximum absolute atomic E-state index is 12.0. The Morgan fingerprint density at radius 3 is 2.67 bits per heavy atom. The third kappa shape index (κ3) is 5.74. The minimum atomic E-state index is -3.33. The summed E-state index contributed by atoms with van der Waals surface area (Å²) in [5, 5.41) is 0. The summed E-state index contributed by atoms with van der Waals surface area (Å²) in [6.07, 6.45) is 4.94. The monoisotopic (exact) mass is 312 g/mol. The highest BCUT2D eigenvalue weighted by atomic mass is 32.2. The van der Waals surface area contributed by atoms with Crippen molar-refractivity contribution in [2.75, 3.05) is 13.2 Å². The molecule has 0 aliphatic heterocycles. The molecule has 1 aliphatic carbocycles. The third-order valence-electron chi connectivity index (χ3n) is 3.66. The average Bonchev–Trinajstić information content (AvgIpc) is 2.96. The average molecular weight is 312 g/mol. The van der Waals surface area contributed by atoms with Gasteiger partial charge in [-0.3, -0.25) is 0 Å². The zero-order valence-electron chi connectivity index (χ0n) is 12.3. The predicted molar refractivity (Wildman–Crippen MR) is 83.2 cm³/mol. The molecule has 1 aromatic rings. The van der Waals surface area contributed by atoms with Gasteiger partial charge >= 0.3 is 0 Å². The van der Waals surface area contributed by atoms with Crippen molar-refractivity contribution in [1.29, 1.82) is 0 Å². The summed E-state index contributed by atoms with van der Waals surface area (Å²) >= 11 is 0.